The van der Waals surface area contributed by atoms with Crippen LogP contribution in [0.2, 0.25) is 0 Å². The first-order valence-corrected chi connectivity index (χ1v) is 5.92. The highest BCUT2D eigenvalue weighted by atomic mass is 16.4. The number of carbonyl (C=O) groups is 2. The Morgan fingerprint density at radius 3 is 2.72 bits per heavy atom. The number of nitrogens with one attached hydrogen (secondary N) is 2. The summed E-state index contributed by atoms with van der Waals surface area (Å²) in [7, 11) is 0. The first kappa shape index (κ1) is 12.3. The van der Waals surface area contributed by atoms with Crippen LogP contribution in [0.25, 0.3) is 0 Å². The molecule has 0 radical (unpaired) electrons. The van der Waals surface area contributed by atoms with Gasteiger partial charge in [0.05, 0.1) is 5.69 Å². The molecule has 2 rings (SSSR count). The number of hydrogen-bond acceptors (Lipinski definition) is 3. The smallest absolute Gasteiger partial charge is 0.356 e. The number of hydrogen-bond donors (Lipinski definition) is 3. The standard InChI is InChI=1S/C12H15N3O3/c16-11(17)10-9(6-3-7-13-10)15-12(18)14-8-4-1-2-5-8/h3,6-8H,1-2,4-5H2,(H,16,17)(H2,14,15,18). The molecule has 0 unspecified atom stereocenters. The molecule has 6 nitrogen and oxygen atoms in total. The van der Waals surface area contributed by atoms with Gasteiger partial charge in [0.25, 0.3) is 0 Å². The highest BCUT2D eigenvalue weighted by Crippen LogP contribution is 2.18. The number of aromatic carboxylic acids is 1. The largest absolute Gasteiger partial charge is 0.476 e. The zero-order valence-corrected chi connectivity index (χ0v) is 9.85. The van der Waals surface area contributed by atoms with E-state index >= 15 is 0 Å². The number of carboxylic acid groups (broad SMARTS) is 1. The van der Waals surface area contributed by atoms with Crippen LogP contribution >= 0.6 is 0 Å². The van der Waals surface area contributed by atoms with E-state index in [1.54, 1.807) is 6.07 Å². The van der Waals surface area contributed by atoms with Crippen molar-refractivity contribution in [1.29, 1.82) is 0 Å². The van der Waals surface area contributed by atoms with E-state index in [1.807, 2.05) is 0 Å². The molecule has 1 aliphatic carbocycles. The third kappa shape index (κ3) is 2.97. The number of carbonyl (C=O) groups excluding carboxylic acids is 1. The van der Waals surface area contributed by atoms with E-state index in [-0.39, 0.29) is 23.5 Å². The summed E-state index contributed by atoms with van der Waals surface area (Å²) in [6, 6.07) is 2.91. The molecule has 1 heterocycles. The van der Waals surface area contributed by atoms with E-state index in [0.29, 0.717) is 0 Å². The number of carboxylic acids is 1. The first-order chi connectivity index (χ1) is 8.66. The van der Waals surface area contributed by atoms with Crippen LogP contribution in [0.5, 0.6) is 0 Å². The summed E-state index contributed by atoms with van der Waals surface area (Å²) in [6.45, 7) is 0. The van der Waals surface area contributed by atoms with Crippen molar-refractivity contribution in [2.45, 2.75) is 31.7 Å². The van der Waals surface area contributed by atoms with Crippen molar-refractivity contribution in [3.8, 4) is 0 Å². The van der Waals surface area contributed by atoms with E-state index in [2.05, 4.69) is 15.6 Å². The zero-order chi connectivity index (χ0) is 13.0. The third-order valence-corrected chi connectivity index (χ3v) is 2.95. The fourth-order valence-corrected chi connectivity index (χ4v) is 2.09. The number of nitrogens with zero attached hydrogens (tertiary/aromatic N) is 1. The average Bonchev–Trinajstić information content (AvgIpc) is 2.82. The molecule has 0 atom stereocenters. The van der Waals surface area contributed by atoms with Crippen LogP contribution in [0.15, 0.2) is 18.3 Å². The van der Waals surface area contributed by atoms with Crippen LogP contribution in [0, 0.1) is 0 Å². The van der Waals surface area contributed by atoms with Gasteiger partial charge in [0.1, 0.15) is 0 Å². The fourth-order valence-electron chi connectivity index (χ4n) is 2.09. The molecule has 0 spiro atoms. The maximum atomic E-state index is 11.7. The van der Waals surface area contributed by atoms with Crippen molar-refractivity contribution in [2.75, 3.05) is 5.32 Å². The van der Waals surface area contributed by atoms with Gasteiger partial charge >= 0.3 is 12.0 Å². The third-order valence-electron chi connectivity index (χ3n) is 2.95. The normalized spacial score (nSPS) is 15.3. The Kier molecular flexibility index (Phi) is 3.76. The van der Waals surface area contributed by atoms with Crippen molar-refractivity contribution in [2.24, 2.45) is 0 Å². The minimum atomic E-state index is -1.16. The van der Waals surface area contributed by atoms with E-state index in [1.165, 1.54) is 12.3 Å². The number of pyridine rings is 1. The van der Waals surface area contributed by atoms with Crippen LogP contribution in [0.3, 0.4) is 0 Å². The number of anilines is 1. The second-order valence-electron chi connectivity index (χ2n) is 4.28. The summed E-state index contributed by atoms with van der Waals surface area (Å²) >= 11 is 0. The maximum Gasteiger partial charge on any atom is 0.356 e. The molecule has 1 aliphatic rings. The van der Waals surface area contributed by atoms with Crippen molar-refractivity contribution >= 4 is 17.7 Å². The van der Waals surface area contributed by atoms with E-state index in [0.717, 1.165) is 25.7 Å². The van der Waals surface area contributed by atoms with Gasteiger partial charge in [-0.1, -0.05) is 12.8 Å². The summed E-state index contributed by atoms with van der Waals surface area (Å²) in [5.74, 6) is -1.16. The Balaban J connectivity index is 2.00. The van der Waals surface area contributed by atoms with Crippen LogP contribution < -0.4 is 10.6 Å². The Labute approximate surface area is 104 Å². The number of rotatable bonds is 3. The molecule has 96 valence electrons. The lowest BCUT2D eigenvalue weighted by Crippen LogP contribution is -2.36. The number of urea groups is 1. The predicted molar refractivity (Wildman–Crippen MR) is 65.6 cm³/mol. The van der Waals surface area contributed by atoms with Crippen molar-refractivity contribution < 1.29 is 14.7 Å². The first-order valence-electron chi connectivity index (χ1n) is 5.92. The molecule has 0 aliphatic heterocycles. The van der Waals surface area contributed by atoms with Crippen molar-refractivity contribution in [3.63, 3.8) is 0 Å². The lowest BCUT2D eigenvalue weighted by Gasteiger charge is -2.13. The van der Waals surface area contributed by atoms with Gasteiger partial charge in [0, 0.05) is 12.2 Å². The summed E-state index contributed by atoms with van der Waals surface area (Å²) < 4.78 is 0. The molecule has 0 saturated heterocycles. The SMILES string of the molecule is O=C(Nc1cccnc1C(=O)O)NC1CCCC1. The van der Waals surface area contributed by atoms with Gasteiger partial charge in [-0.25, -0.2) is 14.6 Å². The monoisotopic (exact) mass is 249 g/mol. The minimum absolute atomic E-state index is 0.154. The molecular formula is C12H15N3O3. The molecule has 3 N–H and O–H groups in total. The molecule has 1 aromatic rings. The van der Waals surface area contributed by atoms with Gasteiger partial charge in [-0.05, 0) is 25.0 Å². The van der Waals surface area contributed by atoms with Gasteiger partial charge in [-0.15, -0.1) is 0 Å². The van der Waals surface area contributed by atoms with Crippen molar-refractivity contribution in [1.82, 2.24) is 10.3 Å². The summed E-state index contributed by atoms with van der Waals surface area (Å²) in [5.41, 5.74) is 0.0552. The van der Waals surface area contributed by atoms with Gasteiger partial charge in [-0.2, -0.15) is 0 Å². The van der Waals surface area contributed by atoms with Crippen LogP contribution in [-0.2, 0) is 0 Å². The maximum absolute atomic E-state index is 11.7. The Morgan fingerprint density at radius 1 is 1.33 bits per heavy atom. The van der Waals surface area contributed by atoms with E-state index < -0.39 is 5.97 Å². The summed E-state index contributed by atoms with van der Waals surface area (Å²) in [5, 5.41) is 14.3. The quantitative estimate of drug-likeness (QED) is 0.762. The minimum Gasteiger partial charge on any atom is -0.476 e. The second-order valence-corrected chi connectivity index (χ2v) is 4.28. The van der Waals surface area contributed by atoms with Crippen LogP contribution in [0.1, 0.15) is 36.2 Å². The highest BCUT2D eigenvalue weighted by molar-refractivity contribution is 5.98. The molecule has 18 heavy (non-hydrogen) atoms. The van der Waals surface area contributed by atoms with Crippen LogP contribution in [0.4, 0.5) is 10.5 Å². The van der Waals surface area contributed by atoms with Gasteiger partial charge < -0.3 is 15.7 Å². The zero-order valence-electron chi connectivity index (χ0n) is 9.85. The molecular weight excluding hydrogens is 234 g/mol. The molecule has 0 aromatic carbocycles. The number of aromatic nitrogens is 1. The topological polar surface area (TPSA) is 91.3 Å². The highest BCUT2D eigenvalue weighted by Gasteiger charge is 2.18. The average molecular weight is 249 g/mol. The molecule has 1 saturated carbocycles. The van der Waals surface area contributed by atoms with Crippen LogP contribution in [-0.4, -0.2) is 28.1 Å². The molecule has 1 aromatic heterocycles. The molecule has 2 amide bonds. The van der Waals surface area contributed by atoms with E-state index in [9.17, 15) is 9.59 Å². The van der Waals surface area contributed by atoms with Gasteiger partial charge in [0.15, 0.2) is 5.69 Å². The van der Waals surface area contributed by atoms with E-state index in [4.69, 9.17) is 5.11 Å². The second kappa shape index (κ2) is 5.48. The Hall–Kier alpha value is -2.11. The molecule has 6 heteroatoms. The predicted octanol–water partition coefficient (Wildman–Crippen LogP) is 1.84. The van der Waals surface area contributed by atoms with Crippen molar-refractivity contribution in [3.05, 3.63) is 24.0 Å². The lowest BCUT2D eigenvalue weighted by atomic mass is 10.2. The lowest BCUT2D eigenvalue weighted by molar-refractivity contribution is 0.0692. The van der Waals surface area contributed by atoms with Gasteiger partial charge in [0.2, 0.25) is 0 Å². The number of amides is 2. The Morgan fingerprint density at radius 2 is 2.06 bits per heavy atom. The van der Waals surface area contributed by atoms with Gasteiger partial charge in [-0.3, -0.25) is 0 Å². The summed E-state index contributed by atoms with van der Waals surface area (Å²) in [4.78, 5) is 26.3. The molecule has 1 fully saturated rings. The Bertz CT molecular complexity index is 456. The molecule has 0 bridgehead atoms. The summed E-state index contributed by atoms with van der Waals surface area (Å²) in [6.07, 6.45) is 5.58. The fraction of sp³-hybridized carbons (Fsp3) is 0.417.